The van der Waals surface area contributed by atoms with Crippen LogP contribution in [0.3, 0.4) is 0 Å². The van der Waals surface area contributed by atoms with E-state index in [0.717, 1.165) is 0 Å². The summed E-state index contributed by atoms with van der Waals surface area (Å²) in [6.07, 6.45) is 0.624. The molecule has 0 aliphatic carbocycles. The minimum atomic E-state index is -0.482. The molecule has 0 bridgehead atoms. The van der Waals surface area contributed by atoms with Crippen molar-refractivity contribution in [3.8, 4) is 5.88 Å². The van der Waals surface area contributed by atoms with Crippen molar-refractivity contribution in [2.45, 2.75) is 26.3 Å². The number of nitrogens with zero attached hydrogens (tertiary/aromatic N) is 2. The Kier molecular flexibility index (Phi) is 5.35. The van der Waals surface area contributed by atoms with Gasteiger partial charge in [-0.15, -0.1) is 0 Å². The van der Waals surface area contributed by atoms with Gasteiger partial charge < -0.3 is 20.5 Å². The number of aromatic nitrogens is 2. The molecule has 7 nitrogen and oxygen atoms in total. The molecule has 0 spiro atoms. The predicted octanol–water partition coefficient (Wildman–Crippen LogP) is 1.07. The summed E-state index contributed by atoms with van der Waals surface area (Å²) in [5.41, 5.74) is 5.56. The second-order valence-electron chi connectivity index (χ2n) is 4.50. The lowest BCUT2D eigenvalue weighted by Gasteiger charge is -2.19. The first-order valence-corrected chi connectivity index (χ1v) is 5.99. The van der Waals surface area contributed by atoms with E-state index >= 15 is 0 Å². The van der Waals surface area contributed by atoms with Gasteiger partial charge in [-0.25, -0.2) is 4.79 Å². The standard InChI is InChI=1S/C12H20N4O3/c1-7(2)5-8(11(17)19-4)14-9-6-10(18-3)16-12(13)15-9/h6-8H,5H2,1-4H3,(H3,13,14,15,16). The van der Waals surface area contributed by atoms with Gasteiger partial charge in [-0.1, -0.05) is 13.8 Å². The minimum Gasteiger partial charge on any atom is -0.481 e. The summed E-state index contributed by atoms with van der Waals surface area (Å²) in [7, 11) is 2.84. The lowest BCUT2D eigenvalue weighted by molar-refractivity contribution is -0.141. The molecule has 0 saturated carbocycles. The van der Waals surface area contributed by atoms with Crippen LogP contribution in [-0.4, -0.2) is 36.2 Å². The van der Waals surface area contributed by atoms with Gasteiger partial charge in [-0.2, -0.15) is 9.97 Å². The zero-order valence-electron chi connectivity index (χ0n) is 11.6. The van der Waals surface area contributed by atoms with Crippen LogP contribution in [0.15, 0.2) is 6.07 Å². The van der Waals surface area contributed by atoms with Crippen molar-refractivity contribution in [3.63, 3.8) is 0 Å². The monoisotopic (exact) mass is 268 g/mol. The molecule has 1 rings (SSSR count). The SMILES string of the molecule is COC(=O)C(CC(C)C)Nc1cc(OC)nc(N)n1. The fourth-order valence-electron chi connectivity index (χ4n) is 1.63. The van der Waals surface area contributed by atoms with Crippen LogP contribution in [0, 0.1) is 5.92 Å². The molecule has 1 heterocycles. The third-order valence-corrected chi connectivity index (χ3v) is 2.44. The number of hydrogen-bond donors (Lipinski definition) is 2. The third kappa shape index (κ3) is 4.61. The highest BCUT2D eigenvalue weighted by molar-refractivity contribution is 5.78. The van der Waals surface area contributed by atoms with E-state index in [2.05, 4.69) is 15.3 Å². The van der Waals surface area contributed by atoms with Gasteiger partial charge in [0.05, 0.1) is 14.2 Å². The summed E-state index contributed by atoms with van der Waals surface area (Å²) >= 11 is 0. The Labute approximate surface area is 112 Å². The smallest absolute Gasteiger partial charge is 0.328 e. The average molecular weight is 268 g/mol. The molecule has 0 aliphatic heterocycles. The maximum absolute atomic E-state index is 11.7. The molecule has 0 aromatic carbocycles. The first-order chi connectivity index (χ1) is 8.96. The van der Waals surface area contributed by atoms with Crippen molar-refractivity contribution in [2.75, 3.05) is 25.3 Å². The Morgan fingerprint density at radius 1 is 1.42 bits per heavy atom. The van der Waals surface area contributed by atoms with Gasteiger partial charge in [0, 0.05) is 6.07 Å². The number of nitrogens with two attached hydrogens (primary N) is 1. The van der Waals surface area contributed by atoms with Crippen molar-refractivity contribution in [3.05, 3.63) is 6.07 Å². The van der Waals surface area contributed by atoms with Crippen LogP contribution in [0.2, 0.25) is 0 Å². The molecule has 1 unspecified atom stereocenters. The lowest BCUT2D eigenvalue weighted by Crippen LogP contribution is -2.32. The molecule has 1 aromatic rings. The number of nitrogen functional groups attached to an aromatic ring is 1. The van der Waals surface area contributed by atoms with Crippen molar-refractivity contribution in [2.24, 2.45) is 5.92 Å². The largest absolute Gasteiger partial charge is 0.481 e. The highest BCUT2D eigenvalue weighted by Gasteiger charge is 2.21. The molecule has 0 fully saturated rings. The number of esters is 1. The van der Waals surface area contributed by atoms with E-state index in [-0.39, 0.29) is 11.9 Å². The van der Waals surface area contributed by atoms with Crippen molar-refractivity contribution >= 4 is 17.7 Å². The summed E-state index contributed by atoms with van der Waals surface area (Å²) in [5.74, 6) is 0.834. The Morgan fingerprint density at radius 2 is 2.11 bits per heavy atom. The summed E-state index contributed by atoms with van der Waals surface area (Å²) in [6, 6.07) is 1.09. The quantitative estimate of drug-likeness (QED) is 0.744. The van der Waals surface area contributed by atoms with Crippen molar-refractivity contribution in [1.82, 2.24) is 9.97 Å². The van der Waals surface area contributed by atoms with Gasteiger partial charge in [0.15, 0.2) is 0 Å². The fraction of sp³-hybridized carbons (Fsp3) is 0.583. The van der Waals surface area contributed by atoms with E-state index < -0.39 is 6.04 Å². The van der Waals surface area contributed by atoms with Crippen LogP contribution in [0.4, 0.5) is 11.8 Å². The molecular formula is C12H20N4O3. The molecule has 19 heavy (non-hydrogen) atoms. The van der Waals surface area contributed by atoms with Gasteiger partial charge in [0.2, 0.25) is 11.8 Å². The Morgan fingerprint density at radius 3 is 2.63 bits per heavy atom. The Balaban J connectivity index is 2.89. The number of nitrogens with one attached hydrogen (secondary N) is 1. The Bertz CT molecular complexity index is 437. The highest BCUT2D eigenvalue weighted by Crippen LogP contribution is 2.17. The first kappa shape index (κ1) is 15.0. The number of ether oxygens (including phenoxy) is 2. The number of carbonyl (C=O) groups is 1. The van der Waals surface area contributed by atoms with Crippen LogP contribution in [0.1, 0.15) is 20.3 Å². The number of hydrogen-bond acceptors (Lipinski definition) is 7. The maximum atomic E-state index is 11.7. The summed E-state index contributed by atoms with van der Waals surface area (Å²) in [5, 5.41) is 2.99. The van der Waals surface area contributed by atoms with Crippen molar-refractivity contribution in [1.29, 1.82) is 0 Å². The molecule has 0 amide bonds. The number of anilines is 2. The van der Waals surface area contributed by atoms with E-state index in [1.807, 2.05) is 13.8 Å². The molecular weight excluding hydrogens is 248 g/mol. The van der Waals surface area contributed by atoms with E-state index in [0.29, 0.717) is 24.0 Å². The number of rotatable bonds is 6. The zero-order chi connectivity index (χ0) is 14.4. The van der Waals surface area contributed by atoms with E-state index in [1.54, 1.807) is 6.07 Å². The molecule has 106 valence electrons. The molecule has 0 aliphatic rings. The van der Waals surface area contributed by atoms with E-state index in [4.69, 9.17) is 15.2 Å². The van der Waals surface area contributed by atoms with Crippen LogP contribution in [0.5, 0.6) is 5.88 Å². The summed E-state index contributed by atoms with van der Waals surface area (Å²) in [6.45, 7) is 4.04. The summed E-state index contributed by atoms with van der Waals surface area (Å²) < 4.78 is 9.76. The molecule has 1 aromatic heterocycles. The van der Waals surface area contributed by atoms with Crippen LogP contribution in [0.25, 0.3) is 0 Å². The van der Waals surface area contributed by atoms with E-state index in [1.165, 1.54) is 14.2 Å². The van der Waals surface area contributed by atoms with Crippen LogP contribution < -0.4 is 15.8 Å². The maximum Gasteiger partial charge on any atom is 0.328 e. The van der Waals surface area contributed by atoms with Crippen molar-refractivity contribution < 1.29 is 14.3 Å². The molecule has 1 atom stereocenters. The molecule has 3 N–H and O–H groups in total. The lowest BCUT2D eigenvalue weighted by atomic mass is 10.0. The highest BCUT2D eigenvalue weighted by atomic mass is 16.5. The molecule has 0 saturated heterocycles. The topological polar surface area (TPSA) is 99.4 Å². The zero-order valence-corrected chi connectivity index (χ0v) is 11.6. The van der Waals surface area contributed by atoms with E-state index in [9.17, 15) is 4.79 Å². The fourth-order valence-corrected chi connectivity index (χ4v) is 1.63. The van der Waals surface area contributed by atoms with Gasteiger partial charge in [0.1, 0.15) is 11.9 Å². The third-order valence-electron chi connectivity index (χ3n) is 2.44. The summed E-state index contributed by atoms with van der Waals surface area (Å²) in [4.78, 5) is 19.6. The second kappa shape index (κ2) is 6.77. The van der Waals surface area contributed by atoms with Gasteiger partial charge in [0.25, 0.3) is 0 Å². The minimum absolute atomic E-state index is 0.0787. The average Bonchev–Trinajstić information content (AvgIpc) is 2.35. The molecule has 7 heteroatoms. The second-order valence-corrected chi connectivity index (χ2v) is 4.50. The molecule has 0 radical (unpaired) electrons. The van der Waals surface area contributed by atoms with Crippen LogP contribution in [-0.2, 0) is 9.53 Å². The normalized spacial score (nSPS) is 12.1. The van der Waals surface area contributed by atoms with Gasteiger partial charge in [-0.3, -0.25) is 0 Å². The Hall–Kier alpha value is -2.05. The van der Waals surface area contributed by atoms with Gasteiger partial charge >= 0.3 is 5.97 Å². The number of carbonyl (C=O) groups excluding carboxylic acids is 1. The van der Waals surface area contributed by atoms with Gasteiger partial charge in [-0.05, 0) is 12.3 Å². The predicted molar refractivity (Wildman–Crippen MR) is 71.9 cm³/mol. The number of methoxy groups -OCH3 is 2. The van der Waals surface area contributed by atoms with Crippen LogP contribution >= 0.6 is 0 Å². The first-order valence-electron chi connectivity index (χ1n) is 5.99.